The molecule has 7 rings (SSSR count). The van der Waals surface area contributed by atoms with Crippen molar-refractivity contribution in [3.8, 4) is 22.3 Å². The van der Waals surface area contributed by atoms with Gasteiger partial charge in [-0.05, 0) is 55.3 Å². The van der Waals surface area contributed by atoms with Gasteiger partial charge in [-0.3, -0.25) is 0 Å². The third kappa shape index (κ3) is 1.67. The lowest BCUT2D eigenvalue weighted by Gasteiger charge is -2.30. The molecule has 0 heterocycles. The van der Waals surface area contributed by atoms with E-state index >= 15 is 0 Å². The van der Waals surface area contributed by atoms with Crippen LogP contribution in [0, 0.1) is 0 Å². The van der Waals surface area contributed by atoms with Crippen LogP contribution in [0.3, 0.4) is 0 Å². The van der Waals surface area contributed by atoms with Crippen LogP contribution in [0.5, 0.6) is 0 Å². The van der Waals surface area contributed by atoms with E-state index in [1.54, 1.807) is 0 Å². The molecule has 0 aromatic heterocycles. The van der Waals surface area contributed by atoms with Crippen molar-refractivity contribution in [1.29, 1.82) is 0 Å². The van der Waals surface area contributed by atoms with E-state index in [9.17, 15) is 0 Å². The highest BCUT2D eigenvalue weighted by molar-refractivity contribution is 6.06. The van der Waals surface area contributed by atoms with E-state index < -0.39 is 0 Å². The topological polar surface area (TPSA) is 0 Å². The molecule has 0 unspecified atom stereocenters. The maximum absolute atomic E-state index is 2.37. The summed E-state index contributed by atoms with van der Waals surface area (Å²) >= 11 is 0. The first-order valence-electron chi connectivity index (χ1n) is 10.2. The quantitative estimate of drug-likeness (QED) is 0.267. The third-order valence-corrected chi connectivity index (χ3v) is 6.89. The van der Waals surface area contributed by atoms with E-state index in [0.717, 1.165) is 0 Å². The minimum atomic E-state index is -0.233. The van der Waals surface area contributed by atoms with Crippen molar-refractivity contribution in [2.24, 2.45) is 0 Å². The third-order valence-electron chi connectivity index (χ3n) is 6.89. The van der Waals surface area contributed by atoms with E-state index in [1.165, 1.54) is 55.3 Å². The van der Waals surface area contributed by atoms with Crippen LogP contribution in [0.25, 0.3) is 33.0 Å². The molecule has 0 saturated heterocycles. The molecular weight excluding hydrogens is 348 g/mol. The van der Waals surface area contributed by atoms with Crippen molar-refractivity contribution in [2.45, 2.75) is 5.41 Å². The van der Waals surface area contributed by atoms with E-state index in [4.69, 9.17) is 0 Å². The first-order chi connectivity index (χ1) is 14.4. The summed E-state index contributed by atoms with van der Waals surface area (Å²) in [5.74, 6) is 0. The summed E-state index contributed by atoms with van der Waals surface area (Å²) in [5.41, 5.74) is 10.9. The molecule has 0 atom stereocenters. The zero-order valence-corrected chi connectivity index (χ0v) is 15.9. The zero-order valence-electron chi connectivity index (χ0n) is 15.9. The van der Waals surface area contributed by atoms with Crippen LogP contribution in [0.15, 0.2) is 109 Å². The van der Waals surface area contributed by atoms with Gasteiger partial charge in [0.15, 0.2) is 0 Å². The molecule has 0 radical (unpaired) electrons. The Balaban J connectivity index is 1.76. The van der Waals surface area contributed by atoms with Crippen molar-refractivity contribution < 1.29 is 0 Å². The van der Waals surface area contributed by atoms with Gasteiger partial charge in [0.05, 0.1) is 5.41 Å². The zero-order chi connectivity index (χ0) is 19.0. The Labute approximate surface area is 170 Å². The fourth-order valence-electron chi connectivity index (χ4n) is 5.86. The number of hydrogen-bond acceptors (Lipinski definition) is 0. The Morgan fingerprint density at radius 2 is 0.897 bits per heavy atom. The number of benzene rings is 5. The highest BCUT2D eigenvalue weighted by atomic mass is 14.5. The summed E-state index contributed by atoms with van der Waals surface area (Å²) in [5, 5.41) is 2.65. The summed E-state index contributed by atoms with van der Waals surface area (Å²) < 4.78 is 0. The molecule has 2 aliphatic carbocycles. The van der Waals surface area contributed by atoms with E-state index in [1.807, 2.05) is 0 Å². The fourth-order valence-corrected chi connectivity index (χ4v) is 5.86. The van der Waals surface area contributed by atoms with E-state index in [2.05, 4.69) is 109 Å². The molecule has 1 spiro atoms. The highest BCUT2D eigenvalue weighted by Gasteiger charge is 2.51. The monoisotopic (exact) mass is 366 g/mol. The molecule has 0 N–H and O–H groups in total. The van der Waals surface area contributed by atoms with Crippen LogP contribution in [-0.4, -0.2) is 0 Å². The molecule has 0 amide bonds. The SMILES string of the molecule is c1ccc2c(c1)-c1ccccc1C21c2ccccc2-c2c1ccc1ccccc21. The van der Waals surface area contributed by atoms with Crippen LogP contribution >= 0.6 is 0 Å². The maximum Gasteiger partial charge on any atom is 0.0725 e. The Kier molecular flexibility index (Phi) is 2.77. The Bertz CT molecular complexity index is 1410. The van der Waals surface area contributed by atoms with Crippen LogP contribution in [0.2, 0.25) is 0 Å². The van der Waals surface area contributed by atoms with Gasteiger partial charge in [0.1, 0.15) is 0 Å². The van der Waals surface area contributed by atoms with Crippen LogP contribution in [0.4, 0.5) is 0 Å². The molecule has 2 aliphatic rings. The Hall–Kier alpha value is -3.64. The van der Waals surface area contributed by atoms with Gasteiger partial charge in [0.25, 0.3) is 0 Å². The van der Waals surface area contributed by atoms with Gasteiger partial charge in [-0.25, -0.2) is 0 Å². The second kappa shape index (κ2) is 5.24. The summed E-state index contributed by atoms with van der Waals surface area (Å²) in [6.07, 6.45) is 0. The fraction of sp³-hybridized carbons (Fsp3) is 0.0345. The average Bonchev–Trinajstić information content (AvgIpc) is 3.27. The minimum absolute atomic E-state index is 0.233. The first kappa shape index (κ1) is 15.3. The number of fused-ring (bicyclic) bond motifs is 12. The highest BCUT2D eigenvalue weighted by Crippen LogP contribution is 2.63. The van der Waals surface area contributed by atoms with Gasteiger partial charge >= 0.3 is 0 Å². The molecule has 0 heteroatoms. The molecule has 0 bridgehead atoms. The molecular formula is C29H18. The number of rotatable bonds is 0. The van der Waals surface area contributed by atoms with Gasteiger partial charge in [-0.1, -0.05) is 109 Å². The van der Waals surface area contributed by atoms with Crippen molar-refractivity contribution in [3.63, 3.8) is 0 Å². The van der Waals surface area contributed by atoms with Crippen molar-refractivity contribution >= 4 is 10.8 Å². The lowest BCUT2D eigenvalue weighted by atomic mass is 9.70. The second-order valence-corrected chi connectivity index (χ2v) is 8.10. The minimum Gasteiger partial charge on any atom is -0.0619 e. The van der Waals surface area contributed by atoms with Crippen LogP contribution in [-0.2, 0) is 5.41 Å². The maximum atomic E-state index is 2.37. The average molecular weight is 366 g/mol. The van der Waals surface area contributed by atoms with Crippen LogP contribution in [0.1, 0.15) is 22.3 Å². The molecule has 29 heavy (non-hydrogen) atoms. The van der Waals surface area contributed by atoms with Gasteiger partial charge in [0.2, 0.25) is 0 Å². The van der Waals surface area contributed by atoms with Gasteiger partial charge in [-0.2, -0.15) is 0 Å². The normalized spacial score (nSPS) is 14.5. The molecule has 5 aromatic rings. The lowest BCUT2D eigenvalue weighted by molar-refractivity contribution is 0.794. The largest absolute Gasteiger partial charge is 0.0725 e. The van der Waals surface area contributed by atoms with Crippen molar-refractivity contribution in [1.82, 2.24) is 0 Å². The van der Waals surface area contributed by atoms with Crippen molar-refractivity contribution in [3.05, 3.63) is 131 Å². The van der Waals surface area contributed by atoms with Crippen LogP contribution < -0.4 is 0 Å². The number of hydrogen-bond donors (Lipinski definition) is 0. The van der Waals surface area contributed by atoms with E-state index in [0.29, 0.717) is 0 Å². The summed E-state index contributed by atoms with van der Waals surface area (Å²) in [4.78, 5) is 0. The smallest absolute Gasteiger partial charge is 0.0619 e. The lowest BCUT2D eigenvalue weighted by Crippen LogP contribution is -2.25. The molecule has 0 fully saturated rings. The Morgan fingerprint density at radius 1 is 0.379 bits per heavy atom. The Morgan fingerprint density at radius 3 is 1.59 bits per heavy atom. The van der Waals surface area contributed by atoms with Gasteiger partial charge in [-0.15, -0.1) is 0 Å². The summed E-state index contributed by atoms with van der Waals surface area (Å²) in [6, 6.07) is 40.4. The van der Waals surface area contributed by atoms with Gasteiger partial charge in [0, 0.05) is 0 Å². The summed E-state index contributed by atoms with van der Waals surface area (Å²) in [6.45, 7) is 0. The molecule has 0 saturated carbocycles. The molecule has 5 aromatic carbocycles. The second-order valence-electron chi connectivity index (χ2n) is 8.10. The first-order valence-corrected chi connectivity index (χ1v) is 10.2. The molecule has 134 valence electrons. The van der Waals surface area contributed by atoms with Gasteiger partial charge < -0.3 is 0 Å². The predicted octanol–water partition coefficient (Wildman–Crippen LogP) is 7.18. The summed E-state index contributed by atoms with van der Waals surface area (Å²) in [7, 11) is 0. The van der Waals surface area contributed by atoms with Crippen molar-refractivity contribution in [2.75, 3.05) is 0 Å². The van der Waals surface area contributed by atoms with E-state index in [-0.39, 0.29) is 5.41 Å². The molecule has 0 aliphatic heterocycles. The standard InChI is InChI=1S/C29H18/c1-2-10-20-19(9-1)17-18-27-28(20)23-13-5-8-16-26(23)29(27)24-14-6-3-11-21(24)22-12-4-7-15-25(22)29/h1-18H. The predicted molar refractivity (Wildman–Crippen MR) is 120 cm³/mol. The molecule has 0 nitrogen and oxygen atoms in total.